The normalized spacial score (nSPS) is 14.8. The fraction of sp³-hybridized carbons (Fsp3) is 0.364. The van der Waals surface area contributed by atoms with Gasteiger partial charge in [-0.2, -0.15) is 0 Å². The first-order valence-electron chi connectivity index (χ1n) is 9.73. The van der Waals surface area contributed by atoms with E-state index in [4.69, 9.17) is 15.2 Å². The van der Waals surface area contributed by atoms with Crippen LogP contribution in [0.1, 0.15) is 36.0 Å². The van der Waals surface area contributed by atoms with E-state index in [9.17, 15) is 9.59 Å². The van der Waals surface area contributed by atoms with Gasteiger partial charge >= 0.3 is 0 Å². The van der Waals surface area contributed by atoms with Crippen LogP contribution >= 0.6 is 0 Å². The second kappa shape index (κ2) is 9.43. The lowest BCUT2D eigenvalue weighted by molar-refractivity contribution is -0.118. The number of nitrogens with two attached hydrogens (primary N) is 1. The van der Waals surface area contributed by atoms with Gasteiger partial charge in [0.25, 0.3) is 11.8 Å². The lowest BCUT2D eigenvalue weighted by Gasteiger charge is -2.28. The van der Waals surface area contributed by atoms with E-state index in [-0.39, 0.29) is 24.0 Å². The van der Waals surface area contributed by atoms with Gasteiger partial charge in [-0.15, -0.1) is 0 Å². The van der Waals surface area contributed by atoms with Crippen molar-refractivity contribution in [3.8, 4) is 11.5 Å². The molecule has 0 aromatic heterocycles. The number of amides is 2. The third-order valence-electron chi connectivity index (χ3n) is 5.17. The third-order valence-corrected chi connectivity index (χ3v) is 5.17. The molecule has 0 unspecified atom stereocenters. The van der Waals surface area contributed by atoms with E-state index in [0.29, 0.717) is 29.3 Å². The molecule has 0 saturated heterocycles. The average Bonchev–Trinajstić information content (AvgIpc) is 3.21. The number of ether oxygens (including phenoxy) is 2. The molecule has 3 rings (SSSR count). The van der Waals surface area contributed by atoms with Crippen molar-refractivity contribution in [3.05, 3.63) is 54.1 Å². The molecule has 154 valence electrons. The van der Waals surface area contributed by atoms with Gasteiger partial charge in [-0.05, 0) is 49.2 Å². The molecule has 1 aliphatic rings. The van der Waals surface area contributed by atoms with Crippen LogP contribution in [0.5, 0.6) is 11.5 Å². The highest BCUT2D eigenvalue weighted by atomic mass is 16.5. The van der Waals surface area contributed by atoms with Gasteiger partial charge in [0.1, 0.15) is 11.5 Å². The zero-order valence-electron chi connectivity index (χ0n) is 16.6. The Bertz CT molecular complexity index is 845. The van der Waals surface area contributed by atoms with Crippen LogP contribution in [-0.4, -0.2) is 37.6 Å². The topological polar surface area (TPSA) is 103 Å². The van der Waals surface area contributed by atoms with E-state index in [0.717, 1.165) is 25.7 Å². The Morgan fingerprint density at radius 3 is 2.45 bits per heavy atom. The number of carbonyl (C=O) groups excluding carboxylic acids is 2. The number of anilines is 1. The quantitative estimate of drug-likeness (QED) is 0.636. The lowest BCUT2D eigenvalue weighted by atomic mass is 9.97. The standard InChI is InChI=1S/C22H27N3O4/c1-28-19-6-4-5-17(13-19)24-20(26)14-29-18-9-7-16(8-10-18)21(27)25-22(15-23)11-2-3-12-22/h4-10,13H,2-3,11-12,14-15,23H2,1H3,(H,24,26)(H,25,27). The van der Waals surface area contributed by atoms with E-state index in [1.54, 1.807) is 55.6 Å². The summed E-state index contributed by atoms with van der Waals surface area (Å²) >= 11 is 0. The molecule has 0 aliphatic heterocycles. The first-order valence-corrected chi connectivity index (χ1v) is 9.73. The molecule has 7 heteroatoms. The maximum absolute atomic E-state index is 12.5. The zero-order valence-corrected chi connectivity index (χ0v) is 16.6. The first kappa shape index (κ1) is 20.7. The summed E-state index contributed by atoms with van der Waals surface area (Å²) in [6, 6.07) is 13.8. The molecular formula is C22H27N3O4. The van der Waals surface area contributed by atoms with Crippen molar-refractivity contribution in [2.75, 3.05) is 25.6 Å². The van der Waals surface area contributed by atoms with Gasteiger partial charge in [0.15, 0.2) is 6.61 Å². The number of carbonyl (C=O) groups is 2. The predicted octanol–water partition coefficient (Wildman–Crippen LogP) is 2.71. The molecule has 0 radical (unpaired) electrons. The summed E-state index contributed by atoms with van der Waals surface area (Å²) in [5.74, 6) is 0.745. The van der Waals surface area contributed by atoms with Crippen molar-refractivity contribution in [1.82, 2.24) is 5.32 Å². The molecule has 1 fully saturated rings. The molecule has 0 bridgehead atoms. The largest absolute Gasteiger partial charge is 0.497 e. The molecule has 4 N–H and O–H groups in total. The smallest absolute Gasteiger partial charge is 0.262 e. The Kier molecular flexibility index (Phi) is 6.72. The van der Waals surface area contributed by atoms with Crippen molar-refractivity contribution in [2.24, 2.45) is 5.73 Å². The highest BCUT2D eigenvalue weighted by Gasteiger charge is 2.34. The molecule has 1 aliphatic carbocycles. The van der Waals surface area contributed by atoms with Crippen molar-refractivity contribution < 1.29 is 19.1 Å². The second-order valence-corrected chi connectivity index (χ2v) is 7.24. The highest BCUT2D eigenvalue weighted by molar-refractivity contribution is 5.95. The Balaban J connectivity index is 1.51. The second-order valence-electron chi connectivity index (χ2n) is 7.24. The van der Waals surface area contributed by atoms with Crippen LogP contribution < -0.4 is 25.8 Å². The van der Waals surface area contributed by atoms with Gasteiger partial charge in [0, 0.05) is 23.9 Å². The minimum Gasteiger partial charge on any atom is -0.497 e. The van der Waals surface area contributed by atoms with Gasteiger partial charge in [0.2, 0.25) is 0 Å². The third kappa shape index (κ3) is 5.48. The number of rotatable bonds is 8. The summed E-state index contributed by atoms with van der Waals surface area (Å²) in [4.78, 5) is 24.6. The summed E-state index contributed by atoms with van der Waals surface area (Å²) in [5.41, 5.74) is 6.76. The van der Waals surface area contributed by atoms with Crippen LogP contribution in [0.3, 0.4) is 0 Å². The van der Waals surface area contributed by atoms with Crippen molar-refractivity contribution >= 4 is 17.5 Å². The van der Waals surface area contributed by atoms with Gasteiger partial charge in [-0.1, -0.05) is 18.9 Å². The van der Waals surface area contributed by atoms with Crippen molar-refractivity contribution in [3.63, 3.8) is 0 Å². The van der Waals surface area contributed by atoms with E-state index in [1.165, 1.54) is 0 Å². The summed E-state index contributed by atoms with van der Waals surface area (Å²) < 4.78 is 10.6. The molecule has 7 nitrogen and oxygen atoms in total. The van der Waals surface area contributed by atoms with Gasteiger partial charge < -0.3 is 25.8 Å². The van der Waals surface area contributed by atoms with Gasteiger partial charge in [-0.3, -0.25) is 9.59 Å². The molecule has 2 aromatic rings. The lowest BCUT2D eigenvalue weighted by Crippen LogP contribution is -2.51. The van der Waals surface area contributed by atoms with E-state index < -0.39 is 0 Å². The van der Waals surface area contributed by atoms with E-state index in [2.05, 4.69) is 10.6 Å². The van der Waals surface area contributed by atoms with Gasteiger partial charge in [0.05, 0.1) is 12.6 Å². The minimum absolute atomic E-state index is 0.139. The SMILES string of the molecule is COc1cccc(NC(=O)COc2ccc(C(=O)NC3(CN)CCCC3)cc2)c1. The Labute approximate surface area is 170 Å². The molecule has 1 saturated carbocycles. The van der Waals surface area contributed by atoms with Crippen molar-refractivity contribution in [1.29, 1.82) is 0 Å². The van der Waals surface area contributed by atoms with Crippen LogP contribution in [0.2, 0.25) is 0 Å². The van der Waals surface area contributed by atoms with Crippen molar-refractivity contribution in [2.45, 2.75) is 31.2 Å². The Morgan fingerprint density at radius 2 is 1.79 bits per heavy atom. The zero-order chi connectivity index (χ0) is 20.7. The van der Waals surface area contributed by atoms with Crippen LogP contribution in [0.25, 0.3) is 0 Å². The van der Waals surface area contributed by atoms with Crippen LogP contribution in [0.15, 0.2) is 48.5 Å². The summed E-state index contributed by atoms with van der Waals surface area (Å²) in [6.45, 7) is 0.307. The molecular weight excluding hydrogens is 370 g/mol. The Hall–Kier alpha value is -3.06. The molecule has 2 amide bonds. The van der Waals surface area contributed by atoms with E-state index >= 15 is 0 Å². The van der Waals surface area contributed by atoms with Crippen LogP contribution in [0, 0.1) is 0 Å². The number of nitrogens with one attached hydrogen (secondary N) is 2. The van der Waals surface area contributed by atoms with E-state index in [1.807, 2.05) is 0 Å². The minimum atomic E-state index is -0.287. The molecule has 0 atom stereocenters. The highest BCUT2D eigenvalue weighted by Crippen LogP contribution is 2.29. The maximum atomic E-state index is 12.5. The first-order chi connectivity index (χ1) is 14.0. The number of benzene rings is 2. The average molecular weight is 397 g/mol. The molecule has 2 aromatic carbocycles. The fourth-order valence-corrected chi connectivity index (χ4v) is 3.49. The summed E-state index contributed by atoms with van der Waals surface area (Å²) in [6.07, 6.45) is 4.00. The predicted molar refractivity (Wildman–Crippen MR) is 111 cm³/mol. The summed E-state index contributed by atoms with van der Waals surface area (Å²) in [5, 5.41) is 5.83. The van der Waals surface area contributed by atoms with Crippen LogP contribution in [-0.2, 0) is 4.79 Å². The number of methoxy groups -OCH3 is 1. The Morgan fingerprint density at radius 1 is 1.07 bits per heavy atom. The maximum Gasteiger partial charge on any atom is 0.262 e. The fourth-order valence-electron chi connectivity index (χ4n) is 3.49. The molecule has 0 spiro atoms. The number of hydrogen-bond acceptors (Lipinski definition) is 5. The van der Waals surface area contributed by atoms with Crippen LogP contribution in [0.4, 0.5) is 5.69 Å². The van der Waals surface area contributed by atoms with Gasteiger partial charge in [-0.25, -0.2) is 0 Å². The molecule has 29 heavy (non-hydrogen) atoms. The summed E-state index contributed by atoms with van der Waals surface area (Å²) in [7, 11) is 1.57. The monoisotopic (exact) mass is 397 g/mol. The molecule has 0 heterocycles. The number of hydrogen-bond donors (Lipinski definition) is 3.